The molecule has 0 radical (unpaired) electrons. The molecule has 5 aliphatic rings. The highest BCUT2D eigenvalue weighted by Gasteiger charge is 2.61. The van der Waals surface area contributed by atoms with Gasteiger partial charge in [0.25, 0.3) is 0 Å². The zero-order chi connectivity index (χ0) is 14.0. The van der Waals surface area contributed by atoms with E-state index in [1.165, 1.54) is 19.3 Å². The van der Waals surface area contributed by atoms with Gasteiger partial charge in [-0.3, -0.25) is 4.79 Å². The van der Waals surface area contributed by atoms with Crippen LogP contribution in [-0.2, 0) is 19.1 Å². The molecule has 0 aromatic rings. The Morgan fingerprint density at radius 2 is 1.95 bits per heavy atom. The molecule has 0 aromatic heterocycles. The van der Waals surface area contributed by atoms with E-state index in [1.54, 1.807) is 0 Å². The predicted molar refractivity (Wildman–Crippen MR) is 74.2 cm³/mol. The molecule has 0 spiro atoms. The summed E-state index contributed by atoms with van der Waals surface area (Å²) in [6, 6.07) is 0. The lowest BCUT2D eigenvalue weighted by atomic mass is 9.49. The molecule has 1 heterocycles. The topological polar surface area (TPSA) is 52.6 Å². The van der Waals surface area contributed by atoms with Gasteiger partial charge in [-0.05, 0) is 50.4 Å². The average Bonchev–Trinajstić information content (AvgIpc) is 2.71. The summed E-state index contributed by atoms with van der Waals surface area (Å²) in [5, 5.41) is 0. The van der Waals surface area contributed by atoms with Crippen LogP contribution < -0.4 is 0 Å². The fraction of sp³-hybridized carbons (Fsp3) is 0.867. The first-order valence-corrected chi connectivity index (χ1v) is 8.34. The number of hydrogen-bond acceptors (Lipinski definition) is 4. The summed E-state index contributed by atoms with van der Waals surface area (Å²) >= 11 is 3.89. The summed E-state index contributed by atoms with van der Waals surface area (Å²) in [6.45, 7) is 0.372. The average molecular weight is 343 g/mol. The molecule has 4 nitrogen and oxygen atoms in total. The molecule has 5 rings (SSSR count). The van der Waals surface area contributed by atoms with Gasteiger partial charge in [-0.1, -0.05) is 15.9 Å². The highest BCUT2D eigenvalue weighted by molar-refractivity contribution is 9.10. The fourth-order valence-electron chi connectivity index (χ4n) is 5.23. The van der Waals surface area contributed by atoms with Crippen LogP contribution in [-0.4, -0.2) is 29.0 Å². The van der Waals surface area contributed by atoms with Crippen LogP contribution in [0.4, 0.5) is 0 Å². The standard InChI is InChI=1S/C15H19BrO4/c16-15-6-9-3-10(7-15)5-14(4-9,8-15)13(18)20-11-1-2-19-12(11)17/h9-11H,1-8H2. The smallest absolute Gasteiger partial charge is 0.347 e. The molecule has 5 fully saturated rings. The van der Waals surface area contributed by atoms with Crippen molar-refractivity contribution in [2.75, 3.05) is 6.61 Å². The van der Waals surface area contributed by atoms with Crippen LogP contribution in [0.3, 0.4) is 0 Å². The van der Waals surface area contributed by atoms with Gasteiger partial charge < -0.3 is 9.47 Å². The summed E-state index contributed by atoms with van der Waals surface area (Å²) in [7, 11) is 0. The summed E-state index contributed by atoms with van der Waals surface area (Å²) in [4.78, 5) is 24.2. The molecule has 0 amide bonds. The maximum Gasteiger partial charge on any atom is 0.347 e. The first-order valence-electron chi connectivity index (χ1n) is 7.55. The van der Waals surface area contributed by atoms with Gasteiger partial charge in [-0.25, -0.2) is 4.79 Å². The molecule has 0 aromatic carbocycles. The molecule has 5 heteroatoms. The van der Waals surface area contributed by atoms with Crippen molar-refractivity contribution in [1.82, 2.24) is 0 Å². The zero-order valence-corrected chi connectivity index (χ0v) is 13.0. The second-order valence-corrected chi connectivity index (χ2v) is 8.92. The Hall–Kier alpha value is -0.580. The van der Waals surface area contributed by atoms with Crippen molar-refractivity contribution >= 4 is 27.9 Å². The van der Waals surface area contributed by atoms with Crippen LogP contribution in [0.15, 0.2) is 0 Å². The van der Waals surface area contributed by atoms with E-state index >= 15 is 0 Å². The van der Waals surface area contributed by atoms with Gasteiger partial charge in [0.05, 0.1) is 12.0 Å². The Labute approximate surface area is 126 Å². The SMILES string of the molecule is O=C1OCCC1OC(=O)C12CC3CC(CC(Br)(C3)C1)C2. The number of esters is 2. The molecule has 0 N–H and O–H groups in total. The fourth-order valence-corrected chi connectivity index (χ4v) is 6.68. The highest BCUT2D eigenvalue weighted by atomic mass is 79.9. The van der Waals surface area contributed by atoms with E-state index in [1.807, 2.05) is 0 Å². The largest absolute Gasteiger partial charge is 0.463 e. The van der Waals surface area contributed by atoms with Crippen LogP contribution >= 0.6 is 15.9 Å². The highest BCUT2D eigenvalue weighted by Crippen LogP contribution is 2.64. The van der Waals surface area contributed by atoms with E-state index in [-0.39, 0.29) is 21.7 Å². The second-order valence-electron chi connectivity index (χ2n) is 7.24. The van der Waals surface area contributed by atoms with Crippen LogP contribution in [0.25, 0.3) is 0 Å². The number of rotatable bonds is 2. The summed E-state index contributed by atoms with van der Waals surface area (Å²) < 4.78 is 10.5. The molecular weight excluding hydrogens is 324 g/mol. The van der Waals surface area contributed by atoms with Crippen LogP contribution in [0, 0.1) is 17.3 Å². The monoisotopic (exact) mass is 342 g/mol. The van der Waals surface area contributed by atoms with Crippen molar-refractivity contribution in [2.45, 2.75) is 55.4 Å². The summed E-state index contributed by atoms with van der Waals surface area (Å²) in [5.41, 5.74) is -0.351. The molecule has 1 saturated heterocycles. The number of ether oxygens (including phenoxy) is 2. The van der Waals surface area contributed by atoms with Gasteiger partial charge in [-0.2, -0.15) is 0 Å². The van der Waals surface area contributed by atoms with E-state index < -0.39 is 6.10 Å². The van der Waals surface area contributed by atoms with Crippen LogP contribution in [0.5, 0.6) is 0 Å². The molecule has 20 heavy (non-hydrogen) atoms. The first-order chi connectivity index (χ1) is 9.48. The van der Waals surface area contributed by atoms with Crippen molar-refractivity contribution in [1.29, 1.82) is 0 Å². The van der Waals surface area contributed by atoms with Gasteiger partial charge in [0.15, 0.2) is 0 Å². The van der Waals surface area contributed by atoms with Gasteiger partial charge in [0, 0.05) is 10.7 Å². The van der Waals surface area contributed by atoms with Crippen molar-refractivity contribution in [3.8, 4) is 0 Å². The van der Waals surface area contributed by atoms with Gasteiger partial charge in [0.2, 0.25) is 6.10 Å². The normalized spacial score (nSPS) is 49.2. The van der Waals surface area contributed by atoms with Gasteiger partial charge in [-0.15, -0.1) is 0 Å². The lowest BCUT2D eigenvalue weighted by Gasteiger charge is -2.58. The van der Waals surface area contributed by atoms with E-state index in [0.29, 0.717) is 24.9 Å². The third kappa shape index (κ3) is 1.92. The van der Waals surface area contributed by atoms with E-state index in [2.05, 4.69) is 15.9 Å². The maximum absolute atomic E-state index is 12.7. The summed E-state index contributed by atoms with van der Waals surface area (Å²) in [5.74, 6) is 0.744. The van der Waals surface area contributed by atoms with E-state index in [0.717, 1.165) is 19.3 Å². The van der Waals surface area contributed by atoms with Crippen LogP contribution in [0.1, 0.15) is 44.9 Å². The zero-order valence-electron chi connectivity index (χ0n) is 11.4. The van der Waals surface area contributed by atoms with E-state index in [9.17, 15) is 9.59 Å². The van der Waals surface area contributed by atoms with Gasteiger partial charge in [0.1, 0.15) is 0 Å². The lowest BCUT2D eigenvalue weighted by molar-refractivity contribution is -0.178. The molecule has 4 aliphatic carbocycles. The number of carbonyl (C=O) groups excluding carboxylic acids is 2. The van der Waals surface area contributed by atoms with Gasteiger partial charge >= 0.3 is 11.9 Å². The Morgan fingerprint density at radius 1 is 1.25 bits per heavy atom. The Kier molecular flexibility index (Phi) is 2.76. The molecule has 3 unspecified atom stereocenters. The maximum atomic E-state index is 12.7. The number of carbonyl (C=O) groups is 2. The Balaban J connectivity index is 1.55. The Bertz CT molecular complexity index is 460. The molecular formula is C15H19BrO4. The van der Waals surface area contributed by atoms with Crippen LogP contribution in [0.2, 0.25) is 0 Å². The molecule has 1 aliphatic heterocycles. The predicted octanol–water partition coefficient (Wildman–Crippen LogP) is 2.58. The molecule has 4 bridgehead atoms. The number of halogens is 1. The minimum absolute atomic E-state index is 0.131. The van der Waals surface area contributed by atoms with Crippen molar-refractivity contribution in [2.24, 2.45) is 17.3 Å². The molecule has 110 valence electrons. The number of alkyl halides is 1. The third-order valence-electron chi connectivity index (χ3n) is 5.56. The Morgan fingerprint density at radius 3 is 2.50 bits per heavy atom. The number of hydrogen-bond donors (Lipinski definition) is 0. The minimum atomic E-state index is -0.665. The third-order valence-corrected chi connectivity index (χ3v) is 6.49. The molecule has 4 saturated carbocycles. The quantitative estimate of drug-likeness (QED) is 0.571. The van der Waals surface area contributed by atoms with Crippen molar-refractivity contribution < 1.29 is 19.1 Å². The molecule has 3 atom stereocenters. The summed E-state index contributed by atoms with van der Waals surface area (Å²) in [6.07, 6.45) is 6.22. The van der Waals surface area contributed by atoms with E-state index in [4.69, 9.17) is 9.47 Å². The first kappa shape index (κ1) is 13.1. The number of cyclic esters (lactones) is 1. The minimum Gasteiger partial charge on any atom is -0.463 e. The van der Waals surface area contributed by atoms with Crippen molar-refractivity contribution in [3.63, 3.8) is 0 Å². The van der Waals surface area contributed by atoms with Crippen molar-refractivity contribution in [3.05, 3.63) is 0 Å². The second kappa shape index (κ2) is 4.21. The lowest BCUT2D eigenvalue weighted by Crippen LogP contribution is -2.56.